The van der Waals surface area contributed by atoms with Gasteiger partial charge in [-0.3, -0.25) is 4.98 Å². The average Bonchev–Trinajstić information content (AvgIpc) is 2.39. The molecule has 2 aromatic heterocycles. The Morgan fingerprint density at radius 1 is 1.33 bits per heavy atom. The average molecular weight is 245 g/mol. The van der Waals surface area contributed by atoms with E-state index in [4.69, 9.17) is 10.5 Å². The number of nitrogen functional groups attached to an aromatic ring is 1. The summed E-state index contributed by atoms with van der Waals surface area (Å²) in [5.41, 5.74) is 6.58. The van der Waals surface area contributed by atoms with E-state index in [-0.39, 0.29) is 5.95 Å². The molecule has 2 N–H and O–H groups in total. The first-order chi connectivity index (χ1) is 8.69. The van der Waals surface area contributed by atoms with Crippen molar-refractivity contribution in [3.05, 3.63) is 36.2 Å². The Morgan fingerprint density at radius 2 is 2.17 bits per heavy atom. The van der Waals surface area contributed by atoms with Gasteiger partial charge in [-0.2, -0.15) is 9.97 Å². The minimum Gasteiger partial charge on any atom is -0.481 e. The molecule has 18 heavy (non-hydrogen) atoms. The zero-order valence-electron chi connectivity index (χ0n) is 10.4. The monoisotopic (exact) mass is 245 g/mol. The van der Waals surface area contributed by atoms with Crippen molar-refractivity contribution in [3.8, 4) is 5.88 Å². The molecule has 6 nitrogen and oxygen atoms in total. The van der Waals surface area contributed by atoms with Crippen LogP contribution in [0.5, 0.6) is 5.88 Å². The lowest BCUT2D eigenvalue weighted by atomic mass is 10.3. The van der Waals surface area contributed by atoms with Gasteiger partial charge in [0.25, 0.3) is 0 Å². The van der Waals surface area contributed by atoms with Gasteiger partial charge < -0.3 is 15.4 Å². The molecule has 0 bridgehead atoms. The molecule has 0 saturated carbocycles. The first kappa shape index (κ1) is 12.1. The summed E-state index contributed by atoms with van der Waals surface area (Å²) in [5, 5.41) is 0. The van der Waals surface area contributed by atoms with Crippen LogP contribution in [0.25, 0.3) is 0 Å². The molecule has 6 heteroatoms. The number of rotatable bonds is 4. The van der Waals surface area contributed by atoms with Crippen LogP contribution < -0.4 is 15.4 Å². The Labute approximate surface area is 105 Å². The lowest BCUT2D eigenvalue weighted by Gasteiger charge is -2.18. The number of methoxy groups -OCH3 is 1. The second-order valence-corrected chi connectivity index (χ2v) is 3.80. The lowest BCUT2D eigenvalue weighted by molar-refractivity contribution is 0.397. The van der Waals surface area contributed by atoms with Crippen LogP contribution in [0.15, 0.2) is 30.5 Å². The Kier molecular flexibility index (Phi) is 3.57. The van der Waals surface area contributed by atoms with Gasteiger partial charge in [0, 0.05) is 19.3 Å². The van der Waals surface area contributed by atoms with Crippen molar-refractivity contribution in [3.63, 3.8) is 0 Å². The minimum atomic E-state index is 0.192. The van der Waals surface area contributed by atoms with E-state index in [0.29, 0.717) is 18.2 Å². The molecule has 0 aliphatic heterocycles. The van der Waals surface area contributed by atoms with Crippen LogP contribution in [-0.2, 0) is 6.54 Å². The molecule has 0 atom stereocenters. The van der Waals surface area contributed by atoms with Gasteiger partial charge in [0.05, 0.1) is 19.3 Å². The topological polar surface area (TPSA) is 77.2 Å². The van der Waals surface area contributed by atoms with Gasteiger partial charge in [0.1, 0.15) is 5.82 Å². The number of pyridine rings is 1. The largest absolute Gasteiger partial charge is 0.481 e. The van der Waals surface area contributed by atoms with E-state index in [2.05, 4.69) is 15.0 Å². The van der Waals surface area contributed by atoms with Gasteiger partial charge in [-0.05, 0) is 12.1 Å². The number of anilines is 2. The predicted molar refractivity (Wildman–Crippen MR) is 69.3 cm³/mol. The highest BCUT2D eigenvalue weighted by molar-refractivity contribution is 5.45. The molecular formula is C12H15N5O. The quantitative estimate of drug-likeness (QED) is 0.869. The summed E-state index contributed by atoms with van der Waals surface area (Å²) in [6.07, 6.45) is 1.76. The van der Waals surface area contributed by atoms with Gasteiger partial charge in [0.2, 0.25) is 11.8 Å². The molecule has 0 unspecified atom stereocenters. The zero-order valence-corrected chi connectivity index (χ0v) is 10.4. The fourth-order valence-electron chi connectivity index (χ4n) is 1.55. The molecule has 2 aromatic rings. The van der Waals surface area contributed by atoms with Crippen molar-refractivity contribution < 1.29 is 4.74 Å². The Bertz CT molecular complexity index is 517. The molecule has 0 aliphatic rings. The Balaban J connectivity index is 2.18. The third-order valence-electron chi connectivity index (χ3n) is 2.43. The van der Waals surface area contributed by atoms with Crippen molar-refractivity contribution in [2.75, 3.05) is 24.8 Å². The first-order valence-electron chi connectivity index (χ1n) is 5.48. The second kappa shape index (κ2) is 5.31. The van der Waals surface area contributed by atoms with E-state index in [1.54, 1.807) is 19.4 Å². The van der Waals surface area contributed by atoms with Crippen LogP contribution in [-0.4, -0.2) is 29.1 Å². The first-order valence-corrected chi connectivity index (χ1v) is 5.48. The molecule has 0 aromatic carbocycles. The molecular weight excluding hydrogens is 230 g/mol. The highest BCUT2D eigenvalue weighted by Gasteiger charge is 2.08. The van der Waals surface area contributed by atoms with Crippen LogP contribution in [0, 0.1) is 0 Å². The van der Waals surface area contributed by atoms with Crippen LogP contribution >= 0.6 is 0 Å². The molecule has 0 saturated heterocycles. The van der Waals surface area contributed by atoms with Gasteiger partial charge in [-0.1, -0.05) is 6.07 Å². The van der Waals surface area contributed by atoms with Crippen molar-refractivity contribution in [1.82, 2.24) is 15.0 Å². The van der Waals surface area contributed by atoms with Crippen molar-refractivity contribution in [2.24, 2.45) is 0 Å². The summed E-state index contributed by atoms with van der Waals surface area (Å²) in [7, 11) is 3.46. The second-order valence-electron chi connectivity index (χ2n) is 3.80. The van der Waals surface area contributed by atoms with Crippen molar-refractivity contribution in [1.29, 1.82) is 0 Å². The molecule has 0 radical (unpaired) electrons. The maximum Gasteiger partial charge on any atom is 0.225 e. The fraction of sp³-hybridized carbons (Fsp3) is 0.250. The summed E-state index contributed by atoms with van der Waals surface area (Å²) >= 11 is 0. The molecule has 0 aliphatic carbocycles. The molecule has 2 heterocycles. The van der Waals surface area contributed by atoms with E-state index < -0.39 is 0 Å². The standard InChI is InChI=1S/C12H15N5O/c1-17(8-9-5-3-4-6-14-9)10-7-11(18-2)16-12(13)15-10/h3-7H,8H2,1-2H3,(H2,13,15,16). The van der Waals surface area contributed by atoms with E-state index in [1.807, 2.05) is 30.1 Å². The number of hydrogen-bond donors (Lipinski definition) is 1. The third kappa shape index (κ3) is 2.85. The third-order valence-corrected chi connectivity index (χ3v) is 2.43. The number of nitrogens with zero attached hydrogens (tertiary/aromatic N) is 4. The smallest absolute Gasteiger partial charge is 0.225 e. The lowest BCUT2D eigenvalue weighted by Crippen LogP contribution is -2.19. The van der Waals surface area contributed by atoms with Gasteiger partial charge in [-0.15, -0.1) is 0 Å². The van der Waals surface area contributed by atoms with Crippen LogP contribution in [0.4, 0.5) is 11.8 Å². The highest BCUT2D eigenvalue weighted by atomic mass is 16.5. The van der Waals surface area contributed by atoms with Gasteiger partial charge >= 0.3 is 0 Å². The van der Waals surface area contributed by atoms with E-state index in [9.17, 15) is 0 Å². The highest BCUT2D eigenvalue weighted by Crippen LogP contribution is 2.18. The maximum absolute atomic E-state index is 5.62. The van der Waals surface area contributed by atoms with E-state index in [0.717, 1.165) is 5.69 Å². The van der Waals surface area contributed by atoms with Crippen molar-refractivity contribution in [2.45, 2.75) is 6.54 Å². The molecule has 0 fully saturated rings. The Morgan fingerprint density at radius 3 is 2.83 bits per heavy atom. The SMILES string of the molecule is COc1cc(N(C)Cc2ccccn2)nc(N)n1. The fourth-order valence-corrected chi connectivity index (χ4v) is 1.55. The molecule has 2 rings (SSSR count). The van der Waals surface area contributed by atoms with Crippen molar-refractivity contribution >= 4 is 11.8 Å². The summed E-state index contributed by atoms with van der Waals surface area (Å²) < 4.78 is 5.06. The minimum absolute atomic E-state index is 0.192. The van der Waals surface area contributed by atoms with E-state index >= 15 is 0 Å². The number of ether oxygens (including phenoxy) is 1. The molecule has 0 spiro atoms. The van der Waals surface area contributed by atoms with E-state index in [1.165, 1.54) is 0 Å². The molecule has 0 amide bonds. The molecule has 94 valence electrons. The maximum atomic E-state index is 5.62. The van der Waals surface area contributed by atoms with Gasteiger partial charge in [-0.25, -0.2) is 0 Å². The zero-order chi connectivity index (χ0) is 13.0. The van der Waals surface area contributed by atoms with Crippen LogP contribution in [0.3, 0.4) is 0 Å². The number of nitrogens with two attached hydrogens (primary N) is 1. The summed E-state index contributed by atoms with van der Waals surface area (Å²) in [6, 6.07) is 7.53. The summed E-state index contributed by atoms with van der Waals surface area (Å²) in [6.45, 7) is 0.639. The predicted octanol–water partition coefficient (Wildman–Crippen LogP) is 1.10. The Hall–Kier alpha value is -2.37. The number of aromatic nitrogens is 3. The number of hydrogen-bond acceptors (Lipinski definition) is 6. The summed E-state index contributed by atoms with van der Waals surface area (Å²) in [5.74, 6) is 1.34. The summed E-state index contributed by atoms with van der Waals surface area (Å²) in [4.78, 5) is 14.3. The normalized spacial score (nSPS) is 10.1. The van der Waals surface area contributed by atoms with Crippen LogP contribution in [0.1, 0.15) is 5.69 Å². The van der Waals surface area contributed by atoms with Crippen LogP contribution in [0.2, 0.25) is 0 Å². The van der Waals surface area contributed by atoms with Gasteiger partial charge in [0.15, 0.2) is 0 Å².